The molecule has 0 fully saturated rings. The van der Waals surface area contributed by atoms with Gasteiger partial charge in [0, 0.05) is 13.2 Å². The van der Waals surface area contributed by atoms with E-state index in [4.69, 9.17) is 9.84 Å². The van der Waals surface area contributed by atoms with Crippen LogP contribution in [0.25, 0.3) is 0 Å². The predicted octanol–water partition coefficient (Wildman–Crippen LogP) is 1.48. The van der Waals surface area contributed by atoms with E-state index in [2.05, 4.69) is 36.5 Å². The Kier molecular flexibility index (Phi) is 6.81. The normalized spacial score (nSPS) is 10.6. The molecule has 1 aromatic rings. The van der Waals surface area contributed by atoms with E-state index in [1.807, 2.05) is 0 Å². The molecule has 1 rings (SSSR count). The maximum Gasteiger partial charge on any atom is 0.0697 e. The van der Waals surface area contributed by atoms with Crippen LogP contribution in [-0.2, 0) is 11.3 Å². The fourth-order valence-electron chi connectivity index (χ4n) is 1.52. The van der Waals surface area contributed by atoms with Crippen LogP contribution >= 0.6 is 0 Å². The summed E-state index contributed by atoms with van der Waals surface area (Å²) in [5.74, 6) is 0. The first-order valence-corrected chi connectivity index (χ1v) is 5.78. The minimum Gasteiger partial charge on any atom is -0.394 e. The minimum absolute atomic E-state index is 0.108. The number of benzene rings is 1. The first-order valence-electron chi connectivity index (χ1n) is 5.78. The number of aliphatic hydroxyl groups is 1. The monoisotopic (exact) mass is 223 g/mol. The summed E-state index contributed by atoms with van der Waals surface area (Å²) in [6.45, 7) is 5.21. The molecule has 0 unspecified atom stereocenters. The number of aryl methyl sites for hydroxylation is 1. The highest BCUT2D eigenvalue weighted by Crippen LogP contribution is 2.02. The molecule has 0 heterocycles. The lowest BCUT2D eigenvalue weighted by Crippen LogP contribution is -2.16. The lowest BCUT2D eigenvalue weighted by Gasteiger charge is -2.06. The second kappa shape index (κ2) is 8.28. The number of ether oxygens (including phenoxy) is 1. The van der Waals surface area contributed by atoms with Crippen LogP contribution in [0.3, 0.4) is 0 Å². The molecule has 0 aliphatic carbocycles. The van der Waals surface area contributed by atoms with Crippen molar-refractivity contribution >= 4 is 0 Å². The molecule has 3 nitrogen and oxygen atoms in total. The van der Waals surface area contributed by atoms with Gasteiger partial charge in [-0.2, -0.15) is 0 Å². The van der Waals surface area contributed by atoms with Crippen molar-refractivity contribution in [3.05, 3.63) is 35.4 Å². The molecule has 0 saturated heterocycles. The molecule has 2 N–H and O–H groups in total. The van der Waals surface area contributed by atoms with Crippen molar-refractivity contribution < 1.29 is 9.84 Å². The van der Waals surface area contributed by atoms with E-state index >= 15 is 0 Å². The van der Waals surface area contributed by atoms with Gasteiger partial charge in [-0.05, 0) is 25.5 Å². The molecule has 3 heteroatoms. The van der Waals surface area contributed by atoms with Gasteiger partial charge in [-0.3, -0.25) is 0 Å². The van der Waals surface area contributed by atoms with Crippen LogP contribution in [-0.4, -0.2) is 31.5 Å². The summed E-state index contributed by atoms with van der Waals surface area (Å²) < 4.78 is 5.16. The average molecular weight is 223 g/mol. The summed E-state index contributed by atoms with van der Waals surface area (Å²) >= 11 is 0. The van der Waals surface area contributed by atoms with Gasteiger partial charge in [-0.25, -0.2) is 0 Å². The summed E-state index contributed by atoms with van der Waals surface area (Å²) in [5, 5.41) is 11.9. The number of hydrogen-bond acceptors (Lipinski definition) is 3. The van der Waals surface area contributed by atoms with E-state index in [1.54, 1.807) is 0 Å². The first-order chi connectivity index (χ1) is 7.83. The van der Waals surface area contributed by atoms with Crippen LogP contribution in [0.1, 0.15) is 17.5 Å². The average Bonchev–Trinajstić information content (AvgIpc) is 2.28. The van der Waals surface area contributed by atoms with Crippen LogP contribution in [0, 0.1) is 6.92 Å². The minimum atomic E-state index is 0.108. The largest absolute Gasteiger partial charge is 0.394 e. The van der Waals surface area contributed by atoms with Crippen molar-refractivity contribution in [2.45, 2.75) is 19.9 Å². The molecule has 1 aromatic carbocycles. The van der Waals surface area contributed by atoms with Gasteiger partial charge in [0.2, 0.25) is 0 Å². The second-order valence-electron chi connectivity index (χ2n) is 3.86. The van der Waals surface area contributed by atoms with Gasteiger partial charge in [0.05, 0.1) is 13.2 Å². The van der Waals surface area contributed by atoms with Gasteiger partial charge in [0.1, 0.15) is 0 Å². The summed E-state index contributed by atoms with van der Waals surface area (Å²) in [7, 11) is 0. The molecule has 0 bridgehead atoms. The summed E-state index contributed by atoms with van der Waals surface area (Å²) in [6, 6.07) is 8.50. The first kappa shape index (κ1) is 13.2. The van der Waals surface area contributed by atoms with Crippen LogP contribution in [0.2, 0.25) is 0 Å². The Bertz CT molecular complexity index is 289. The SMILES string of the molecule is Cc1cccc(CNCCCOCCO)c1. The summed E-state index contributed by atoms with van der Waals surface area (Å²) in [5.41, 5.74) is 2.61. The predicted molar refractivity (Wildman–Crippen MR) is 65.4 cm³/mol. The molecule has 0 spiro atoms. The molecule has 0 aliphatic rings. The smallest absolute Gasteiger partial charge is 0.0697 e. The Morgan fingerprint density at radius 1 is 1.31 bits per heavy atom. The Morgan fingerprint density at radius 3 is 2.94 bits per heavy atom. The molecular formula is C13H21NO2. The fraction of sp³-hybridized carbons (Fsp3) is 0.538. The fourth-order valence-corrected chi connectivity index (χ4v) is 1.52. The number of hydrogen-bond donors (Lipinski definition) is 2. The summed E-state index contributed by atoms with van der Waals surface area (Å²) in [6.07, 6.45) is 0.978. The van der Waals surface area contributed by atoms with Gasteiger partial charge >= 0.3 is 0 Å². The van der Waals surface area contributed by atoms with Crippen molar-refractivity contribution in [2.75, 3.05) is 26.4 Å². The third-order valence-electron chi connectivity index (χ3n) is 2.29. The van der Waals surface area contributed by atoms with Gasteiger partial charge in [0.25, 0.3) is 0 Å². The van der Waals surface area contributed by atoms with Crippen molar-refractivity contribution in [2.24, 2.45) is 0 Å². The molecule has 0 saturated carbocycles. The standard InChI is InChI=1S/C13H21NO2/c1-12-4-2-5-13(10-12)11-14-6-3-8-16-9-7-15/h2,4-5,10,14-15H,3,6-9,11H2,1H3. The second-order valence-corrected chi connectivity index (χ2v) is 3.86. The molecule has 0 amide bonds. The lowest BCUT2D eigenvalue weighted by molar-refractivity contribution is 0.0907. The quantitative estimate of drug-likeness (QED) is 0.656. The maximum absolute atomic E-state index is 8.50. The topological polar surface area (TPSA) is 41.5 Å². The van der Waals surface area contributed by atoms with E-state index in [9.17, 15) is 0 Å². The lowest BCUT2D eigenvalue weighted by atomic mass is 10.1. The van der Waals surface area contributed by atoms with Gasteiger partial charge in [-0.15, -0.1) is 0 Å². The van der Waals surface area contributed by atoms with Gasteiger partial charge < -0.3 is 15.2 Å². The molecule has 16 heavy (non-hydrogen) atoms. The number of nitrogens with one attached hydrogen (secondary N) is 1. The number of rotatable bonds is 8. The molecule has 0 aromatic heterocycles. The van der Waals surface area contributed by atoms with Crippen molar-refractivity contribution in [3.63, 3.8) is 0 Å². The van der Waals surface area contributed by atoms with Crippen molar-refractivity contribution in [1.82, 2.24) is 5.32 Å². The van der Waals surface area contributed by atoms with Crippen molar-refractivity contribution in [3.8, 4) is 0 Å². The third kappa shape index (κ3) is 5.85. The van der Waals surface area contributed by atoms with Crippen LogP contribution in [0.15, 0.2) is 24.3 Å². The third-order valence-corrected chi connectivity index (χ3v) is 2.29. The summed E-state index contributed by atoms with van der Waals surface area (Å²) in [4.78, 5) is 0. The zero-order valence-corrected chi connectivity index (χ0v) is 9.91. The van der Waals surface area contributed by atoms with Crippen LogP contribution in [0.4, 0.5) is 0 Å². The maximum atomic E-state index is 8.50. The highest BCUT2D eigenvalue weighted by Gasteiger charge is 1.93. The Morgan fingerprint density at radius 2 is 2.19 bits per heavy atom. The van der Waals surface area contributed by atoms with Crippen LogP contribution < -0.4 is 5.32 Å². The number of aliphatic hydroxyl groups excluding tert-OH is 1. The Labute approximate surface area is 97.4 Å². The molecule has 90 valence electrons. The highest BCUT2D eigenvalue weighted by molar-refractivity contribution is 5.21. The van der Waals surface area contributed by atoms with E-state index in [-0.39, 0.29) is 6.61 Å². The van der Waals surface area contributed by atoms with E-state index < -0.39 is 0 Å². The highest BCUT2D eigenvalue weighted by atomic mass is 16.5. The zero-order valence-electron chi connectivity index (χ0n) is 9.91. The van der Waals surface area contributed by atoms with Gasteiger partial charge in [-0.1, -0.05) is 29.8 Å². The van der Waals surface area contributed by atoms with Crippen LogP contribution in [0.5, 0.6) is 0 Å². The molecule has 0 aliphatic heterocycles. The Balaban J connectivity index is 2.03. The van der Waals surface area contributed by atoms with E-state index in [0.717, 1.165) is 19.5 Å². The molecule has 0 atom stereocenters. The van der Waals surface area contributed by atoms with Gasteiger partial charge in [0.15, 0.2) is 0 Å². The zero-order chi connectivity index (χ0) is 11.6. The van der Waals surface area contributed by atoms with E-state index in [1.165, 1.54) is 11.1 Å². The van der Waals surface area contributed by atoms with Crippen molar-refractivity contribution in [1.29, 1.82) is 0 Å². The van der Waals surface area contributed by atoms with E-state index in [0.29, 0.717) is 13.2 Å². The Hall–Kier alpha value is -0.900. The molecular weight excluding hydrogens is 202 g/mol. The molecule has 0 radical (unpaired) electrons.